The van der Waals surface area contributed by atoms with Crippen LogP contribution in [0.3, 0.4) is 0 Å². The smallest absolute Gasteiger partial charge is 0.265 e. The largest absolute Gasteiger partial charge is 0.326 e. The van der Waals surface area contributed by atoms with Crippen LogP contribution >= 0.6 is 0 Å². The van der Waals surface area contributed by atoms with E-state index in [0.29, 0.717) is 22.9 Å². The van der Waals surface area contributed by atoms with Crippen LogP contribution in [0, 0.1) is 12.8 Å². The van der Waals surface area contributed by atoms with Gasteiger partial charge in [0.05, 0.1) is 11.9 Å². The lowest BCUT2D eigenvalue weighted by atomic mass is 10.2. The summed E-state index contributed by atoms with van der Waals surface area (Å²) in [5, 5.41) is 6.97. The first-order chi connectivity index (χ1) is 13.4. The number of rotatable bonds is 6. The van der Waals surface area contributed by atoms with E-state index >= 15 is 0 Å². The highest BCUT2D eigenvalue weighted by atomic mass is 32.2. The van der Waals surface area contributed by atoms with Crippen LogP contribution in [-0.4, -0.2) is 29.1 Å². The molecule has 8 nitrogen and oxygen atoms in total. The number of hydrogen-bond acceptors (Lipinski definition) is 5. The summed E-state index contributed by atoms with van der Waals surface area (Å²) < 4.78 is 29.6. The number of carbonyl (C=O) groups is 1. The van der Waals surface area contributed by atoms with Gasteiger partial charge in [0.1, 0.15) is 4.90 Å². The van der Waals surface area contributed by atoms with E-state index < -0.39 is 10.0 Å². The van der Waals surface area contributed by atoms with Gasteiger partial charge >= 0.3 is 0 Å². The number of hydrogen-bond donors (Lipinski definition) is 2. The molecule has 144 valence electrons. The van der Waals surface area contributed by atoms with Crippen molar-refractivity contribution in [2.75, 3.05) is 10.0 Å². The maximum absolute atomic E-state index is 12.8. The van der Waals surface area contributed by atoms with Crippen molar-refractivity contribution in [1.82, 2.24) is 14.8 Å². The third-order valence-electron chi connectivity index (χ3n) is 4.47. The Labute approximate surface area is 162 Å². The molecule has 2 N–H and O–H groups in total. The molecule has 9 heteroatoms. The van der Waals surface area contributed by atoms with Gasteiger partial charge in [-0.15, -0.1) is 0 Å². The lowest BCUT2D eigenvalue weighted by Crippen LogP contribution is -2.15. The van der Waals surface area contributed by atoms with Crippen LogP contribution in [0.25, 0.3) is 5.82 Å². The third-order valence-corrected chi connectivity index (χ3v) is 5.96. The number of anilines is 2. The molecule has 0 radical (unpaired) electrons. The van der Waals surface area contributed by atoms with Gasteiger partial charge in [-0.3, -0.25) is 9.52 Å². The van der Waals surface area contributed by atoms with Gasteiger partial charge in [-0.1, -0.05) is 6.07 Å². The Kier molecular flexibility index (Phi) is 4.60. The monoisotopic (exact) mass is 397 g/mol. The second-order valence-corrected chi connectivity index (χ2v) is 8.29. The molecule has 1 amide bonds. The Morgan fingerprint density at radius 2 is 1.82 bits per heavy atom. The predicted molar refractivity (Wildman–Crippen MR) is 105 cm³/mol. The van der Waals surface area contributed by atoms with Crippen molar-refractivity contribution in [2.24, 2.45) is 5.92 Å². The summed E-state index contributed by atoms with van der Waals surface area (Å²) in [6.45, 7) is 1.67. The number of nitrogens with one attached hydrogen (secondary N) is 2. The summed E-state index contributed by atoms with van der Waals surface area (Å²) in [5.41, 5.74) is 1.49. The molecule has 0 aliphatic heterocycles. The Morgan fingerprint density at radius 3 is 2.46 bits per heavy atom. The molecule has 3 aromatic rings. The average molecular weight is 397 g/mol. The fraction of sp³-hybridized carbons (Fsp3) is 0.211. The first-order valence-corrected chi connectivity index (χ1v) is 10.3. The molecule has 2 aromatic heterocycles. The van der Waals surface area contributed by atoms with E-state index in [1.165, 1.54) is 10.9 Å². The van der Waals surface area contributed by atoms with Gasteiger partial charge < -0.3 is 5.32 Å². The molecular formula is C19H19N5O3S. The number of benzene rings is 1. The molecule has 4 rings (SSSR count). The summed E-state index contributed by atoms with van der Waals surface area (Å²) >= 11 is 0. The maximum Gasteiger partial charge on any atom is 0.265 e. The number of pyridine rings is 1. The molecule has 1 aliphatic rings. The van der Waals surface area contributed by atoms with Crippen molar-refractivity contribution < 1.29 is 13.2 Å². The van der Waals surface area contributed by atoms with E-state index in [4.69, 9.17) is 0 Å². The van der Waals surface area contributed by atoms with Gasteiger partial charge in [-0.05, 0) is 56.2 Å². The zero-order chi connectivity index (χ0) is 19.7. The van der Waals surface area contributed by atoms with Gasteiger partial charge in [-0.25, -0.2) is 18.1 Å². The second-order valence-electron chi connectivity index (χ2n) is 6.64. The molecular weight excluding hydrogens is 378 g/mol. The number of sulfonamides is 1. The van der Waals surface area contributed by atoms with Gasteiger partial charge in [0.15, 0.2) is 5.82 Å². The summed E-state index contributed by atoms with van der Waals surface area (Å²) in [7, 11) is -3.82. The van der Waals surface area contributed by atoms with Crippen LogP contribution in [0.5, 0.6) is 0 Å². The SMILES string of the molecule is Cc1c(S(=O)(=O)Nc2ccc(NC(=O)C3CC3)cc2)cnn1-c1ccccn1. The first-order valence-electron chi connectivity index (χ1n) is 8.84. The molecule has 0 bridgehead atoms. The highest BCUT2D eigenvalue weighted by Crippen LogP contribution is 2.30. The second kappa shape index (κ2) is 7.08. The molecule has 1 fully saturated rings. The highest BCUT2D eigenvalue weighted by Gasteiger charge is 2.29. The third kappa shape index (κ3) is 3.74. The van der Waals surface area contributed by atoms with Crippen molar-refractivity contribution in [3.8, 4) is 5.82 Å². The van der Waals surface area contributed by atoms with Crippen LogP contribution in [0.4, 0.5) is 11.4 Å². The van der Waals surface area contributed by atoms with Crippen molar-refractivity contribution in [2.45, 2.75) is 24.7 Å². The summed E-state index contributed by atoms with van der Waals surface area (Å²) in [6, 6.07) is 11.9. The van der Waals surface area contributed by atoms with Gasteiger partial charge in [0.2, 0.25) is 5.91 Å². The summed E-state index contributed by atoms with van der Waals surface area (Å²) in [6.07, 6.45) is 4.77. The van der Waals surface area contributed by atoms with E-state index in [1.807, 2.05) is 0 Å². The lowest BCUT2D eigenvalue weighted by molar-refractivity contribution is -0.117. The Bertz CT molecular complexity index is 1100. The minimum Gasteiger partial charge on any atom is -0.326 e. The molecule has 0 unspecified atom stereocenters. The van der Waals surface area contributed by atoms with E-state index in [1.54, 1.807) is 55.6 Å². The normalized spacial score (nSPS) is 13.9. The van der Waals surface area contributed by atoms with Crippen LogP contribution in [0.2, 0.25) is 0 Å². The Morgan fingerprint density at radius 1 is 1.11 bits per heavy atom. The zero-order valence-electron chi connectivity index (χ0n) is 15.2. The maximum atomic E-state index is 12.8. The molecule has 0 saturated heterocycles. The standard InChI is InChI=1S/C19H19N5O3S/c1-13-17(12-21-24(13)18-4-2-3-11-20-18)28(26,27)23-16-9-7-15(8-10-16)22-19(25)14-5-6-14/h2-4,7-12,14,23H,5-6H2,1H3,(H,22,25). The van der Waals surface area contributed by atoms with E-state index in [-0.39, 0.29) is 16.7 Å². The van der Waals surface area contributed by atoms with E-state index in [9.17, 15) is 13.2 Å². The molecule has 2 heterocycles. The number of amides is 1. The van der Waals surface area contributed by atoms with Gasteiger partial charge in [0.25, 0.3) is 10.0 Å². The van der Waals surface area contributed by atoms with Crippen molar-refractivity contribution >= 4 is 27.3 Å². The lowest BCUT2D eigenvalue weighted by Gasteiger charge is -2.09. The van der Waals surface area contributed by atoms with E-state index in [2.05, 4.69) is 20.1 Å². The first kappa shape index (κ1) is 18.2. The fourth-order valence-electron chi connectivity index (χ4n) is 2.79. The molecule has 0 spiro atoms. The quantitative estimate of drug-likeness (QED) is 0.665. The van der Waals surface area contributed by atoms with Crippen molar-refractivity contribution in [1.29, 1.82) is 0 Å². The van der Waals surface area contributed by atoms with Crippen LogP contribution in [-0.2, 0) is 14.8 Å². The predicted octanol–water partition coefficient (Wildman–Crippen LogP) is 2.73. The summed E-state index contributed by atoms with van der Waals surface area (Å²) in [5.74, 6) is 0.653. The minimum absolute atomic E-state index is 0.00545. The van der Waals surface area contributed by atoms with Crippen LogP contribution < -0.4 is 10.0 Å². The zero-order valence-corrected chi connectivity index (χ0v) is 16.0. The van der Waals surface area contributed by atoms with Crippen LogP contribution in [0.15, 0.2) is 59.8 Å². The molecule has 28 heavy (non-hydrogen) atoms. The number of carbonyl (C=O) groups excluding carboxylic acids is 1. The fourth-order valence-corrected chi connectivity index (χ4v) is 4.01. The van der Waals surface area contributed by atoms with Gasteiger partial charge in [0, 0.05) is 23.5 Å². The van der Waals surface area contributed by atoms with E-state index in [0.717, 1.165) is 12.8 Å². The molecule has 0 atom stereocenters. The summed E-state index contributed by atoms with van der Waals surface area (Å²) in [4.78, 5) is 16.1. The highest BCUT2D eigenvalue weighted by molar-refractivity contribution is 7.92. The Hall–Kier alpha value is -3.20. The van der Waals surface area contributed by atoms with Crippen molar-refractivity contribution in [3.63, 3.8) is 0 Å². The Balaban J connectivity index is 1.51. The number of aromatic nitrogens is 3. The van der Waals surface area contributed by atoms with Crippen LogP contribution in [0.1, 0.15) is 18.5 Å². The van der Waals surface area contributed by atoms with Gasteiger partial charge in [-0.2, -0.15) is 5.10 Å². The molecule has 1 saturated carbocycles. The molecule has 1 aliphatic carbocycles. The number of nitrogens with zero attached hydrogens (tertiary/aromatic N) is 3. The molecule has 1 aromatic carbocycles. The average Bonchev–Trinajstić information content (AvgIpc) is 3.46. The minimum atomic E-state index is -3.82. The topological polar surface area (TPSA) is 106 Å². The van der Waals surface area contributed by atoms with Crippen molar-refractivity contribution in [3.05, 3.63) is 60.6 Å².